The van der Waals surface area contributed by atoms with E-state index in [1.54, 1.807) is 25.2 Å². The van der Waals surface area contributed by atoms with Crippen LogP contribution in [0.5, 0.6) is 11.5 Å². The molecule has 0 radical (unpaired) electrons. The Hall–Kier alpha value is -3.86. The number of benzene rings is 2. The molecule has 2 aliphatic heterocycles. The van der Waals surface area contributed by atoms with Crippen molar-refractivity contribution >= 4 is 12.2 Å². The summed E-state index contributed by atoms with van der Waals surface area (Å²) in [5.74, 6) is 0.794. The minimum Gasteiger partial charge on any atom is -0.395 e. The molecule has 3 aromatic rings. The molecule has 184 valence electrons. The highest BCUT2D eigenvalue weighted by atomic mass is 19.3. The maximum absolute atomic E-state index is 13.1. The van der Waals surface area contributed by atoms with E-state index in [9.17, 15) is 18.4 Å². The quantitative estimate of drug-likeness (QED) is 0.547. The van der Waals surface area contributed by atoms with E-state index >= 15 is 0 Å². The fourth-order valence-electron chi connectivity index (χ4n) is 3.78. The van der Waals surface area contributed by atoms with Gasteiger partial charge in [0.25, 0.3) is 0 Å². The first-order valence-corrected chi connectivity index (χ1v) is 11.0. The predicted octanol–water partition coefficient (Wildman–Crippen LogP) is 3.48. The van der Waals surface area contributed by atoms with Gasteiger partial charge in [0.15, 0.2) is 11.5 Å². The molecule has 35 heavy (non-hydrogen) atoms. The van der Waals surface area contributed by atoms with Gasteiger partial charge in [-0.15, -0.1) is 8.78 Å². The van der Waals surface area contributed by atoms with E-state index in [1.807, 2.05) is 23.1 Å². The first kappa shape index (κ1) is 24.3. The van der Waals surface area contributed by atoms with Gasteiger partial charge in [-0.3, -0.25) is 9.59 Å². The summed E-state index contributed by atoms with van der Waals surface area (Å²) in [5, 5.41) is 6.80. The van der Waals surface area contributed by atoms with Crippen LogP contribution in [0.25, 0.3) is 11.4 Å². The molecule has 2 aliphatic rings. The van der Waals surface area contributed by atoms with Crippen molar-refractivity contribution in [3.05, 3.63) is 60.0 Å². The molecule has 11 heteroatoms. The summed E-state index contributed by atoms with van der Waals surface area (Å²) >= 11 is 0. The Morgan fingerprint density at radius 3 is 2.51 bits per heavy atom. The molecule has 0 atom stereocenters. The van der Waals surface area contributed by atoms with Crippen LogP contribution in [-0.2, 0) is 4.79 Å². The Morgan fingerprint density at radius 2 is 1.86 bits per heavy atom. The van der Waals surface area contributed by atoms with Crippen molar-refractivity contribution in [2.45, 2.75) is 25.1 Å². The summed E-state index contributed by atoms with van der Waals surface area (Å²) in [6, 6.07) is 13.4. The SMILES string of the molecule is CNCC(=O)N1CCC(c2nc(-c3ccc4c(c3)OC(F)(F)O4)no2)CC1.O=Cc1ccccc1. The lowest BCUT2D eigenvalue weighted by molar-refractivity contribution is -0.286. The Morgan fingerprint density at radius 1 is 1.14 bits per heavy atom. The van der Waals surface area contributed by atoms with Crippen LogP contribution in [0, 0.1) is 0 Å². The average Bonchev–Trinajstić information content (AvgIpc) is 3.48. The van der Waals surface area contributed by atoms with Gasteiger partial charge in [0, 0.05) is 30.1 Å². The topological polar surface area (TPSA) is 107 Å². The number of rotatable bonds is 5. The highest BCUT2D eigenvalue weighted by molar-refractivity contribution is 5.78. The number of likely N-dealkylation sites (tertiary alicyclic amines) is 1. The second-order valence-electron chi connectivity index (χ2n) is 8.00. The lowest BCUT2D eigenvalue weighted by atomic mass is 9.96. The number of fused-ring (bicyclic) bond motifs is 1. The monoisotopic (exact) mass is 486 g/mol. The van der Waals surface area contributed by atoms with Crippen LogP contribution in [0.15, 0.2) is 53.1 Å². The smallest absolute Gasteiger partial charge is 0.395 e. The largest absolute Gasteiger partial charge is 0.586 e. The zero-order valence-corrected chi connectivity index (χ0v) is 18.9. The summed E-state index contributed by atoms with van der Waals surface area (Å²) in [6.07, 6.45) is -1.38. The summed E-state index contributed by atoms with van der Waals surface area (Å²) in [7, 11) is 1.74. The molecular formula is C24H24F2N4O5. The minimum atomic E-state index is -3.66. The summed E-state index contributed by atoms with van der Waals surface area (Å²) < 4.78 is 40.4. The number of aromatic nitrogens is 2. The van der Waals surface area contributed by atoms with Gasteiger partial charge in [-0.25, -0.2) is 0 Å². The van der Waals surface area contributed by atoms with Crippen LogP contribution >= 0.6 is 0 Å². The van der Waals surface area contributed by atoms with Crippen LogP contribution in [0.3, 0.4) is 0 Å². The van der Waals surface area contributed by atoms with Gasteiger partial charge < -0.3 is 24.2 Å². The minimum absolute atomic E-state index is 0.0360. The van der Waals surface area contributed by atoms with E-state index in [0.717, 1.165) is 24.7 Å². The van der Waals surface area contributed by atoms with Gasteiger partial charge in [-0.2, -0.15) is 4.98 Å². The first-order chi connectivity index (χ1) is 16.9. The maximum atomic E-state index is 13.1. The molecular weight excluding hydrogens is 462 g/mol. The number of ether oxygens (including phenoxy) is 2. The van der Waals surface area contributed by atoms with Gasteiger partial charge in [-0.1, -0.05) is 35.5 Å². The summed E-state index contributed by atoms with van der Waals surface area (Å²) in [4.78, 5) is 28.1. The van der Waals surface area contributed by atoms with E-state index < -0.39 is 6.29 Å². The molecule has 9 nitrogen and oxygen atoms in total. The van der Waals surface area contributed by atoms with Crippen LogP contribution in [0.2, 0.25) is 0 Å². The summed E-state index contributed by atoms with van der Waals surface area (Å²) in [6.45, 7) is 1.57. The average molecular weight is 486 g/mol. The summed E-state index contributed by atoms with van der Waals surface area (Å²) in [5.41, 5.74) is 1.22. The Balaban J connectivity index is 0.000000308. The number of amides is 1. The van der Waals surface area contributed by atoms with Crippen molar-refractivity contribution < 1.29 is 32.4 Å². The predicted molar refractivity (Wildman–Crippen MR) is 120 cm³/mol. The molecule has 3 heterocycles. The number of likely N-dealkylation sites (N-methyl/N-ethyl adjacent to an activating group) is 1. The number of hydrogen-bond acceptors (Lipinski definition) is 8. The molecule has 1 fully saturated rings. The Labute approximate surface area is 200 Å². The Bertz CT molecular complexity index is 1160. The fraction of sp³-hybridized carbons (Fsp3) is 0.333. The number of nitrogens with zero attached hydrogens (tertiary/aromatic N) is 3. The third kappa shape index (κ3) is 5.99. The molecule has 0 aliphatic carbocycles. The van der Waals surface area contributed by atoms with Crippen LogP contribution in [0.1, 0.15) is 35.0 Å². The van der Waals surface area contributed by atoms with Gasteiger partial charge in [0.05, 0.1) is 6.54 Å². The molecule has 2 aromatic carbocycles. The third-order valence-electron chi connectivity index (χ3n) is 5.56. The molecule has 1 aromatic heterocycles. The van der Waals surface area contributed by atoms with Gasteiger partial charge >= 0.3 is 6.29 Å². The number of halogens is 2. The fourth-order valence-corrected chi connectivity index (χ4v) is 3.78. The van der Waals surface area contributed by atoms with Gasteiger partial charge in [0.2, 0.25) is 17.6 Å². The molecule has 0 bridgehead atoms. The van der Waals surface area contributed by atoms with E-state index in [-0.39, 0.29) is 23.3 Å². The van der Waals surface area contributed by atoms with Crippen molar-refractivity contribution in [1.82, 2.24) is 20.4 Å². The van der Waals surface area contributed by atoms with E-state index in [0.29, 0.717) is 36.9 Å². The number of carbonyl (C=O) groups excluding carboxylic acids is 2. The lowest BCUT2D eigenvalue weighted by Gasteiger charge is -2.30. The number of nitrogens with one attached hydrogen (secondary N) is 1. The van der Waals surface area contributed by atoms with E-state index in [4.69, 9.17) is 4.52 Å². The zero-order valence-electron chi connectivity index (χ0n) is 18.9. The molecule has 0 saturated carbocycles. The number of alkyl halides is 2. The van der Waals surface area contributed by atoms with E-state index in [2.05, 4.69) is 24.9 Å². The van der Waals surface area contributed by atoms with Crippen molar-refractivity contribution in [3.63, 3.8) is 0 Å². The zero-order chi connectivity index (χ0) is 24.8. The molecule has 1 amide bonds. The number of hydrogen-bond donors (Lipinski definition) is 1. The van der Waals surface area contributed by atoms with Crippen LogP contribution in [0.4, 0.5) is 8.78 Å². The molecule has 0 spiro atoms. The molecule has 1 N–H and O–H groups in total. The van der Waals surface area contributed by atoms with Crippen LogP contribution in [-0.4, -0.2) is 60.2 Å². The molecule has 1 saturated heterocycles. The highest BCUT2D eigenvalue weighted by Gasteiger charge is 2.43. The second kappa shape index (κ2) is 10.6. The number of aldehydes is 1. The van der Waals surface area contributed by atoms with Crippen molar-refractivity contribution in [2.24, 2.45) is 0 Å². The van der Waals surface area contributed by atoms with Crippen molar-refractivity contribution in [3.8, 4) is 22.9 Å². The lowest BCUT2D eigenvalue weighted by Crippen LogP contribution is -2.41. The number of piperidine rings is 1. The second-order valence-corrected chi connectivity index (χ2v) is 8.00. The standard InChI is InChI=1S/C17H18F2N4O4.C7H6O/c1-20-9-14(24)23-6-4-10(5-7-23)16-21-15(22-27-16)11-2-3-12-13(8-11)26-17(18,19)25-12;8-6-7-4-2-1-3-5-7/h2-3,8,10,20H,4-7,9H2,1H3;1-6H. The molecule has 5 rings (SSSR count). The maximum Gasteiger partial charge on any atom is 0.586 e. The number of carbonyl (C=O) groups is 2. The van der Waals surface area contributed by atoms with E-state index in [1.165, 1.54) is 12.1 Å². The normalized spacial score (nSPS) is 16.4. The molecule has 0 unspecified atom stereocenters. The van der Waals surface area contributed by atoms with Crippen molar-refractivity contribution in [1.29, 1.82) is 0 Å². The van der Waals surface area contributed by atoms with Gasteiger partial charge in [-0.05, 0) is 38.1 Å². The third-order valence-corrected chi connectivity index (χ3v) is 5.56. The van der Waals surface area contributed by atoms with Gasteiger partial charge in [0.1, 0.15) is 6.29 Å². The highest BCUT2D eigenvalue weighted by Crippen LogP contribution is 2.42. The van der Waals surface area contributed by atoms with Crippen LogP contribution < -0.4 is 14.8 Å². The van der Waals surface area contributed by atoms with Crippen molar-refractivity contribution in [2.75, 3.05) is 26.7 Å². The Kier molecular flexibility index (Phi) is 7.35. The first-order valence-electron chi connectivity index (χ1n) is 11.0.